The fourth-order valence-corrected chi connectivity index (χ4v) is 5.09. The molecule has 0 heterocycles. The highest BCUT2D eigenvalue weighted by molar-refractivity contribution is 8.21. The summed E-state index contributed by atoms with van der Waals surface area (Å²) in [5.41, 5.74) is 6.48. The highest BCUT2D eigenvalue weighted by Gasteiger charge is 2.20. The normalized spacial score (nSPS) is 11.7. The topological polar surface area (TPSA) is 81.4 Å². The maximum atomic E-state index is 12.4. The van der Waals surface area contributed by atoms with Crippen LogP contribution in [-0.2, 0) is 4.74 Å². The number of methoxy groups -OCH3 is 1. The lowest BCUT2D eigenvalue weighted by Gasteiger charge is -2.17. The average Bonchev–Trinajstić information content (AvgIpc) is 2.70. The van der Waals surface area contributed by atoms with E-state index in [1.54, 1.807) is 18.2 Å². The van der Waals surface area contributed by atoms with Crippen LogP contribution in [0.1, 0.15) is 33.6 Å². The van der Waals surface area contributed by atoms with Crippen molar-refractivity contribution in [2.75, 3.05) is 20.2 Å². The van der Waals surface area contributed by atoms with Gasteiger partial charge in [0.1, 0.15) is 0 Å². The Bertz CT molecular complexity index is 754. The second-order valence-electron chi connectivity index (χ2n) is 5.68. The second kappa shape index (κ2) is 10.4. The molecule has 3 N–H and O–H groups in total. The van der Waals surface area contributed by atoms with Gasteiger partial charge >= 0.3 is 5.97 Å². The van der Waals surface area contributed by atoms with E-state index in [-0.39, 0.29) is 5.91 Å². The van der Waals surface area contributed by atoms with Crippen molar-refractivity contribution < 1.29 is 14.3 Å². The van der Waals surface area contributed by atoms with Crippen LogP contribution in [0.5, 0.6) is 0 Å². The number of unbranched alkanes of at least 4 members (excludes halogenated alkanes) is 1. The van der Waals surface area contributed by atoms with Gasteiger partial charge in [-0.3, -0.25) is 4.79 Å². The zero-order valence-corrected chi connectivity index (χ0v) is 16.8. The minimum absolute atomic E-state index is 0.152. The highest BCUT2D eigenvalue weighted by atomic mass is 32.0. The van der Waals surface area contributed by atoms with Gasteiger partial charge in [-0.25, -0.2) is 4.79 Å². The lowest BCUT2D eigenvalue weighted by atomic mass is 10.1. The smallest absolute Gasteiger partial charge is 0.338 e. The first-order chi connectivity index (χ1) is 12.6. The number of carbonyl (C=O) groups is 2. The van der Waals surface area contributed by atoms with Gasteiger partial charge in [0, 0.05) is 12.1 Å². The van der Waals surface area contributed by atoms with Crippen molar-refractivity contribution in [2.24, 2.45) is 5.73 Å². The first-order valence-corrected chi connectivity index (χ1v) is 11.3. The van der Waals surface area contributed by atoms with Crippen molar-refractivity contribution >= 4 is 39.0 Å². The Balaban J connectivity index is 2.30. The fraction of sp³-hybridized carbons (Fsp3) is 0.263. The van der Waals surface area contributed by atoms with Crippen molar-refractivity contribution in [3.8, 4) is 0 Å². The van der Waals surface area contributed by atoms with Gasteiger partial charge in [-0.1, -0.05) is 30.3 Å². The predicted octanol–water partition coefficient (Wildman–Crippen LogP) is 2.16. The molecule has 0 radical (unpaired) electrons. The van der Waals surface area contributed by atoms with Gasteiger partial charge in [0.25, 0.3) is 5.91 Å². The number of ether oxygens (including phenoxy) is 1. The molecule has 2 aromatic carbocycles. The summed E-state index contributed by atoms with van der Waals surface area (Å²) in [6.07, 6.45) is 1.72. The van der Waals surface area contributed by atoms with Crippen molar-refractivity contribution in [1.82, 2.24) is 5.32 Å². The van der Waals surface area contributed by atoms with E-state index in [9.17, 15) is 9.59 Å². The van der Waals surface area contributed by atoms with E-state index in [1.165, 1.54) is 7.11 Å². The van der Waals surface area contributed by atoms with E-state index in [1.807, 2.05) is 30.3 Å². The van der Waals surface area contributed by atoms with E-state index in [2.05, 4.69) is 14.2 Å². The first kappa shape index (κ1) is 20.5. The fourth-order valence-electron chi connectivity index (χ4n) is 2.46. The number of carbonyl (C=O) groups excluding carboxylic acids is 2. The monoisotopic (exact) mass is 390 g/mol. The van der Waals surface area contributed by atoms with Gasteiger partial charge in [-0.05, 0) is 55.8 Å². The summed E-state index contributed by atoms with van der Waals surface area (Å²) in [5, 5.41) is 4.79. The number of amides is 1. The van der Waals surface area contributed by atoms with Crippen LogP contribution in [0, 0.1) is 0 Å². The maximum absolute atomic E-state index is 12.4. The second-order valence-corrected chi connectivity index (χ2v) is 8.97. The molecule has 2 rings (SSSR count). The molecule has 1 amide bonds. The van der Waals surface area contributed by atoms with Crippen LogP contribution in [0.2, 0.25) is 0 Å². The number of esters is 1. The van der Waals surface area contributed by atoms with Crippen LogP contribution >= 0.6 is 16.5 Å². The Kier molecular flexibility index (Phi) is 8.18. The van der Waals surface area contributed by atoms with E-state index in [0.29, 0.717) is 24.2 Å². The van der Waals surface area contributed by atoms with Crippen LogP contribution in [0.15, 0.2) is 48.5 Å². The summed E-state index contributed by atoms with van der Waals surface area (Å²) in [6.45, 7) is 1.20. The Morgan fingerprint density at radius 2 is 1.88 bits per heavy atom. The summed E-state index contributed by atoms with van der Waals surface area (Å²) in [5.74, 6) is -0.554. The van der Waals surface area contributed by atoms with Crippen molar-refractivity contribution in [3.63, 3.8) is 0 Å². The summed E-state index contributed by atoms with van der Waals surface area (Å²) < 4.78 is 4.90. The first-order valence-electron chi connectivity index (χ1n) is 8.39. The molecule has 0 aliphatic carbocycles. The molecule has 2 aromatic rings. The van der Waals surface area contributed by atoms with Crippen LogP contribution in [0.25, 0.3) is 0 Å². The lowest BCUT2D eigenvalue weighted by Crippen LogP contribution is -2.27. The molecule has 26 heavy (non-hydrogen) atoms. The molecule has 0 bridgehead atoms. The zero-order chi connectivity index (χ0) is 18.9. The summed E-state index contributed by atoms with van der Waals surface area (Å²) in [7, 11) is 3.29. The zero-order valence-electron chi connectivity index (χ0n) is 14.8. The van der Waals surface area contributed by atoms with E-state index < -0.39 is 13.6 Å². The molecule has 0 fully saturated rings. The molecular formula is C19H24N2O3P2. The van der Waals surface area contributed by atoms with Gasteiger partial charge < -0.3 is 15.8 Å². The van der Waals surface area contributed by atoms with Crippen LogP contribution in [0.3, 0.4) is 0 Å². The predicted molar refractivity (Wildman–Crippen MR) is 111 cm³/mol. The Morgan fingerprint density at radius 1 is 1.15 bits per heavy atom. The number of hydrogen-bond acceptors (Lipinski definition) is 4. The molecule has 7 heteroatoms. The van der Waals surface area contributed by atoms with E-state index in [0.717, 1.165) is 23.5 Å². The summed E-state index contributed by atoms with van der Waals surface area (Å²) in [4.78, 5) is 24.6. The Hall–Kier alpha value is -1.80. The Labute approximate surface area is 157 Å². The van der Waals surface area contributed by atoms with Gasteiger partial charge in [0.15, 0.2) is 0 Å². The number of benzene rings is 2. The molecule has 0 spiro atoms. The van der Waals surface area contributed by atoms with E-state index >= 15 is 0 Å². The van der Waals surface area contributed by atoms with Gasteiger partial charge in [0.2, 0.25) is 0 Å². The van der Waals surface area contributed by atoms with Gasteiger partial charge in [-0.2, -0.15) is 0 Å². The third-order valence-electron chi connectivity index (χ3n) is 3.88. The van der Waals surface area contributed by atoms with Crippen LogP contribution < -0.4 is 21.7 Å². The molecule has 2 atom stereocenters. The SMILES string of the molecule is COC(=O)c1ccc(C(=O)NCCCCN)cc1P(P)c1ccccc1. The quantitative estimate of drug-likeness (QED) is 0.411. The van der Waals surface area contributed by atoms with Crippen molar-refractivity contribution in [1.29, 1.82) is 0 Å². The van der Waals surface area contributed by atoms with Crippen molar-refractivity contribution in [3.05, 3.63) is 59.7 Å². The molecule has 0 saturated heterocycles. The van der Waals surface area contributed by atoms with Gasteiger partial charge in [-0.15, -0.1) is 8.93 Å². The number of rotatable bonds is 8. The molecule has 5 nitrogen and oxygen atoms in total. The number of nitrogens with two attached hydrogens (primary N) is 1. The number of nitrogens with one attached hydrogen (secondary N) is 1. The summed E-state index contributed by atoms with van der Waals surface area (Å²) >= 11 is 0. The molecule has 138 valence electrons. The van der Waals surface area contributed by atoms with Crippen molar-refractivity contribution in [2.45, 2.75) is 12.8 Å². The van der Waals surface area contributed by atoms with Crippen LogP contribution in [-0.4, -0.2) is 32.1 Å². The standard InChI is InChI=1S/C19H24N2O3P2/c1-24-19(23)16-10-9-14(18(22)21-12-6-5-11-20)13-17(16)26(25)15-7-3-2-4-8-15/h2-4,7-10,13H,5-6,11-12,20,25H2,1H3,(H,21,22). The minimum Gasteiger partial charge on any atom is -0.465 e. The largest absolute Gasteiger partial charge is 0.465 e. The maximum Gasteiger partial charge on any atom is 0.338 e. The third-order valence-corrected chi connectivity index (χ3v) is 7.35. The average molecular weight is 390 g/mol. The van der Waals surface area contributed by atoms with Crippen LogP contribution in [0.4, 0.5) is 0 Å². The lowest BCUT2D eigenvalue weighted by molar-refractivity contribution is 0.0602. The molecule has 0 saturated carbocycles. The molecular weight excluding hydrogens is 366 g/mol. The van der Waals surface area contributed by atoms with E-state index in [4.69, 9.17) is 10.5 Å². The summed E-state index contributed by atoms with van der Waals surface area (Å²) in [6, 6.07) is 15.0. The molecule has 0 aromatic heterocycles. The Morgan fingerprint density at radius 3 is 2.54 bits per heavy atom. The highest BCUT2D eigenvalue weighted by Crippen LogP contribution is 2.43. The van der Waals surface area contributed by atoms with Gasteiger partial charge in [0.05, 0.1) is 12.7 Å². The molecule has 2 unspecified atom stereocenters. The minimum atomic E-state index is -0.870. The molecule has 0 aliphatic rings. The molecule has 0 aliphatic heterocycles. The third kappa shape index (κ3) is 5.35. The number of hydrogen-bond donors (Lipinski definition) is 2.